The van der Waals surface area contributed by atoms with Crippen LogP contribution in [0, 0.1) is 6.92 Å². The van der Waals surface area contributed by atoms with Crippen LogP contribution in [0.1, 0.15) is 12.7 Å². The summed E-state index contributed by atoms with van der Waals surface area (Å²) >= 11 is 0. The third-order valence-electron chi connectivity index (χ3n) is 3.33. The number of nitrogens with zero attached hydrogens (tertiary/aromatic N) is 4. The Bertz CT molecular complexity index is 568. The lowest BCUT2D eigenvalue weighted by Gasteiger charge is -2.34. The summed E-state index contributed by atoms with van der Waals surface area (Å²) in [5, 5.41) is 0. The summed E-state index contributed by atoms with van der Waals surface area (Å²) in [5.74, 6) is 2.09. The minimum Gasteiger partial charge on any atom is -0.481 e. The molecule has 2 heterocycles. The lowest BCUT2D eigenvalue weighted by Crippen LogP contribution is -2.49. The Hall–Kier alpha value is -1.41. The van der Waals surface area contributed by atoms with E-state index in [2.05, 4.69) is 14.9 Å². The maximum Gasteiger partial charge on any atom is 0.218 e. The molecule has 112 valence electrons. The fourth-order valence-electron chi connectivity index (χ4n) is 2.17. The first-order valence-corrected chi connectivity index (χ1v) is 8.19. The average Bonchev–Trinajstić information content (AvgIpc) is 2.46. The minimum atomic E-state index is -3.10. The number of hydrogen-bond donors (Lipinski definition) is 0. The number of sulfonamides is 1. The third kappa shape index (κ3) is 3.18. The van der Waals surface area contributed by atoms with E-state index in [0.717, 1.165) is 5.82 Å². The van der Waals surface area contributed by atoms with Crippen molar-refractivity contribution < 1.29 is 13.2 Å². The lowest BCUT2D eigenvalue weighted by molar-refractivity contribution is 0.380. The molecule has 0 amide bonds. The summed E-state index contributed by atoms with van der Waals surface area (Å²) in [6, 6.07) is 1.77. The summed E-state index contributed by atoms with van der Waals surface area (Å²) in [6.45, 7) is 5.70. The number of hydrogen-bond acceptors (Lipinski definition) is 6. The normalized spacial score (nSPS) is 17.2. The van der Waals surface area contributed by atoms with Gasteiger partial charge in [0.25, 0.3) is 0 Å². The molecular weight excluding hydrogens is 280 g/mol. The summed E-state index contributed by atoms with van der Waals surface area (Å²) in [7, 11) is -1.53. The summed E-state index contributed by atoms with van der Waals surface area (Å²) < 4.78 is 30.3. The fourth-order valence-corrected chi connectivity index (χ4v) is 3.25. The van der Waals surface area contributed by atoms with Crippen molar-refractivity contribution in [3.63, 3.8) is 0 Å². The zero-order valence-electron chi connectivity index (χ0n) is 12.0. The highest BCUT2D eigenvalue weighted by molar-refractivity contribution is 7.89. The molecule has 0 bridgehead atoms. The SMILES string of the molecule is CCS(=O)(=O)N1CCN(c2cc(OC)nc(C)n2)CC1. The molecule has 0 aliphatic carbocycles. The molecule has 1 aromatic rings. The molecule has 0 N–H and O–H groups in total. The van der Waals surface area contributed by atoms with Gasteiger partial charge >= 0.3 is 0 Å². The molecule has 1 aliphatic heterocycles. The fraction of sp³-hybridized carbons (Fsp3) is 0.667. The number of aryl methyl sites for hydroxylation is 1. The van der Waals surface area contributed by atoms with Gasteiger partial charge in [-0.15, -0.1) is 0 Å². The number of ether oxygens (including phenoxy) is 1. The van der Waals surface area contributed by atoms with Crippen molar-refractivity contribution in [3.8, 4) is 5.88 Å². The summed E-state index contributed by atoms with van der Waals surface area (Å²) in [4.78, 5) is 10.6. The second-order valence-corrected chi connectivity index (χ2v) is 6.86. The van der Waals surface area contributed by atoms with Crippen molar-refractivity contribution in [3.05, 3.63) is 11.9 Å². The maximum absolute atomic E-state index is 11.8. The quantitative estimate of drug-likeness (QED) is 0.794. The van der Waals surface area contributed by atoms with Gasteiger partial charge in [0.2, 0.25) is 15.9 Å². The maximum atomic E-state index is 11.8. The number of piperazine rings is 1. The second-order valence-electron chi connectivity index (χ2n) is 4.60. The van der Waals surface area contributed by atoms with Gasteiger partial charge in [0.15, 0.2) is 0 Å². The molecule has 1 aliphatic rings. The topological polar surface area (TPSA) is 75.6 Å². The number of anilines is 1. The minimum absolute atomic E-state index is 0.146. The van der Waals surface area contributed by atoms with Crippen LogP contribution in [-0.2, 0) is 10.0 Å². The molecule has 0 atom stereocenters. The first-order valence-electron chi connectivity index (χ1n) is 6.58. The number of methoxy groups -OCH3 is 1. The monoisotopic (exact) mass is 300 g/mol. The molecule has 0 aromatic carbocycles. The van der Waals surface area contributed by atoms with Crippen molar-refractivity contribution >= 4 is 15.8 Å². The smallest absolute Gasteiger partial charge is 0.218 e. The molecule has 1 fully saturated rings. The van der Waals surface area contributed by atoms with Crippen LogP contribution in [0.15, 0.2) is 6.07 Å². The Balaban J connectivity index is 2.09. The molecular formula is C12H20N4O3S. The van der Waals surface area contributed by atoms with E-state index in [1.165, 1.54) is 4.31 Å². The molecule has 7 nitrogen and oxygen atoms in total. The van der Waals surface area contributed by atoms with E-state index in [1.807, 2.05) is 6.92 Å². The van der Waals surface area contributed by atoms with E-state index in [0.29, 0.717) is 37.9 Å². The Morgan fingerprint density at radius 1 is 1.25 bits per heavy atom. The second kappa shape index (κ2) is 5.92. The highest BCUT2D eigenvalue weighted by Crippen LogP contribution is 2.19. The molecule has 2 rings (SSSR count). The van der Waals surface area contributed by atoms with Crippen molar-refractivity contribution in [2.24, 2.45) is 0 Å². The van der Waals surface area contributed by atoms with Crippen molar-refractivity contribution in [2.75, 3.05) is 43.9 Å². The van der Waals surface area contributed by atoms with Gasteiger partial charge in [-0.3, -0.25) is 0 Å². The van der Waals surface area contributed by atoms with E-state index in [-0.39, 0.29) is 5.75 Å². The largest absolute Gasteiger partial charge is 0.481 e. The van der Waals surface area contributed by atoms with E-state index >= 15 is 0 Å². The standard InChI is InChI=1S/C12H20N4O3S/c1-4-20(17,18)16-7-5-15(6-8-16)11-9-12(19-3)14-10(2)13-11/h9H,4-8H2,1-3H3. The van der Waals surface area contributed by atoms with Crippen LogP contribution in [-0.4, -0.2) is 61.7 Å². The lowest BCUT2D eigenvalue weighted by atomic mass is 10.3. The van der Waals surface area contributed by atoms with Crippen LogP contribution in [0.2, 0.25) is 0 Å². The van der Waals surface area contributed by atoms with E-state index in [9.17, 15) is 8.42 Å². The van der Waals surface area contributed by atoms with Crippen LogP contribution >= 0.6 is 0 Å². The molecule has 0 radical (unpaired) electrons. The Labute approximate surface area is 119 Å². The first-order chi connectivity index (χ1) is 9.46. The highest BCUT2D eigenvalue weighted by Gasteiger charge is 2.26. The third-order valence-corrected chi connectivity index (χ3v) is 5.21. The van der Waals surface area contributed by atoms with E-state index < -0.39 is 10.0 Å². The Kier molecular flexibility index (Phi) is 4.44. The molecule has 0 spiro atoms. The van der Waals surface area contributed by atoms with Crippen molar-refractivity contribution in [1.82, 2.24) is 14.3 Å². The van der Waals surface area contributed by atoms with Gasteiger partial charge in [0.1, 0.15) is 11.6 Å². The van der Waals surface area contributed by atoms with Crippen LogP contribution in [0.4, 0.5) is 5.82 Å². The van der Waals surface area contributed by atoms with Gasteiger partial charge in [-0.1, -0.05) is 0 Å². The molecule has 20 heavy (non-hydrogen) atoms. The van der Waals surface area contributed by atoms with Crippen LogP contribution < -0.4 is 9.64 Å². The van der Waals surface area contributed by atoms with Gasteiger partial charge in [0.05, 0.1) is 12.9 Å². The van der Waals surface area contributed by atoms with Crippen LogP contribution in [0.3, 0.4) is 0 Å². The van der Waals surface area contributed by atoms with Gasteiger partial charge in [-0.25, -0.2) is 13.4 Å². The van der Waals surface area contributed by atoms with Gasteiger partial charge in [0, 0.05) is 32.2 Å². The predicted molar refractivity (Wildman–Crippen MR) is 76.6 cm³/mol. The van der Waals surface area contributed by atoms with Crippen molar-refractivity contribution in [2.45, 2.75) is 13.8 Å². The van der Waals surface area contributed by atoms with Gasteiger partial charge in [-0.2, -0.15) is 9.29 Å². The van der Waals surface area contributed by atoms with Crippen LogP contribution in [0.5, 0.6) is 5.88 Å². The molecule has 1 saturated heterocycles. The Morgan fingerprint density at radius 3 is 2.45 bits per heavy atom. The Morgan fingerprint density at radius 2 is 1.90 bits per heavy atom. The predicted octanol–water partition coefficient (Wildman–Crippen LogP) is 0.265. The molecule has 8 heteroatoms. The summed E-state index contributed by atoms with van der Waals surface area (Å²) in [6.07, 6.45) is 0. The molecule has 0 unspecified atom stereocenters. The number of aromatic nitrogens is 2. The highest BCUT2D eigenvalue weighted by atomic mass is 32.2. The zero-order valence-corrected chi connectivity index (χ0v) is 12.9. The van der Waals surface area contributed by atoms with E-state index in [4.69, 9.17) is 4.74 Å². The average molecular weight is 300 g/mol. The molecule has 0 saturated carbocycles. The summed E-state index contributed by atoms with van der Waals surface area (Å²) in [5.41, 5.74) is 0. The first kappa shape index (κ1) is 15.0. The number of rotatable bonds is 4. The van der Waals surface area contributed by atoms with Crippen molar-refractivity contribution in [1.29, 1.82) is 0 Å². The molecule has 1 aromatic heterocycles. The van der Waals surface area contributed by atoms with Crippen LogP contribution in [0.25, 0.3) is 0 Å². The van der Waals surface area contributed by atoms with Gasteiger partial charge in [-0.05, 0) is 13.8 Å². The van der Waals surface area contributed by atoms with Gasteiger partial charge < -0.3 is 9.64 Å². The zero-order chi connectivity index (χ0) is 14.8. The van der Waals surface area contributed by atoms with E-state index in [1.54, 1.807) is 20.1 Å².